The van der Waals surface area contributed by atoms with Gasteiger partial charge in [0.05, 0.1) is 6.54 Å². The maximum atomic E-state index is 3.81. The van der Waals surface area contributed by atoms with E-state index in [1.54, 1.807) is 6.20 Å². The van der Waals surface area contributed by atoms with Crippen molar-refractivity contribution in [2.24, 2.45) is 4.99 Å². The number of nitrogens with zero attached hydrogens (tertiary/aromatic N) is 2. The summed E-state index contributed by atoms with van der Waals surface area (Å²) in [5, 5.41) is 0. The molecule has 0 fully saturated rings. The van der Waals surface area contributed by atoms with Gasteiger partial charge in [0.1, 0.15) is 0 Å². The summed E-state index contributed by atoms with van der Waals surface area (Å²) in [6.45, 7) is 3.23. The lowest BCUT2D eigenvalue weighted by molar-refractivity contribution is -0.00000197. The van der Waals surface area contributed by atoms with Crippen LogP contribution in [0.1, 0.15) is 19.8 Å². The Bertz CT molecular complexity index is 120. The van der Waals surface area contributed by atoms with Gasteiger partial charge in [-0.1, -0.05) is 13.3 Å². The molecule has 0 aliphatic carbocycles. The van der Waals surface area contributed by atoms with Crippen molar-refractivity contribution in [3.05, 3.63) is 12.4 Å². The van der Waals surface area contributed by atoms with Crippen molar-refractivity contribution in [2.45, 2.75) is 19.8 Å². The molecule has 1 aliphatic rings. The Kier molecular flexibility index (Phi) is 5.54. The molecular formula is C7H11IN2. The molecule has 3 heteroatoms. The van der Waals surface area contributed by atoms with Gasteiger partial charge in [0.15, 0.2) is 6.20 Å². The number of halogens is 1. The first-order valence-electron chi connectivity index (χ1n) is 3.32. The van der Waals surface area contributed by atoms with Crippen molar-refractivity contribution < 1.29 is 24.0 Å². The van der Waals surface area contributed by atoms with Crippen molar-refractivity contribution in [1.82, 2.24) is 4.90 Å². The van der Waals surface area contributed by atoms with E-state index in [0.29, 0.717) is 0 Å². The highest BCUT2D eigenvalue weighted by atomic mass is 127. The third-order valence-electron chi connectivity index (χ3n) is 1.26. The van der Waals surface area contributed by atoms with Crippen molar-refractivity contribution in [3.63, 3.8) is 0 Å². The molecule has 0 aromatic rings. The second-order valence-electron chi connectivity index (χ2n) is 2.07. The maximum Gasteiger partial charge on any atom is 0.255 e. The minimum Gasteiger partial charge on any atom is -1.00 e. The van der Waals surface area contributed by atoms with Gasteiger partial charge in [0.25, 0.3) is 6.34 Å². The SMILES string of the molecule is CCCCN1[C+]=NC=C1.[I-]. The van der Waals surface area contributed by atoms with Crippen LogP contribution in [0.25, 0.3) is 0 Å². The molecule has 0 aromatic carbocycles. The van der Waals surface area contributed by atoms with Crippen molar-refractivity contribution in [2.75, 3.05) is 6.54 Å². The second-order valence-corrected chi connectivity index (χ2v) is 2.07. The van der Waals surface area contributed by atoms with Gasteiger partial charge in [0.2, 0.25) is 6.20 Å². The largest absolute Gasteiger partial charge is 1.00 e. The first kappa shape index (κ1) is 9.85. The molecule has 0 unspecified atom stereocenters. The van der Waals surface area contributed by atoms with E-state index in [9.17, 15) is 0 Å². The molecule has 10 heavy (non-hydrogen) atoms. The van der Waals surface area contributed by atoms with Gasteiger partial charge in [-0.15, -0.1) is 0 Å². The summed E-state index contributed by atoms with van der Waals surface area (Å²) in [6.07, 6.45) is 8.98. The number of hydrogen-bond acceptors (Lipinski definition) is 2. The Morgan fingerprint density at radius 3 is 2.90 bits per heavy atom. The molecule has 0 saturated heterocycles. The molecule has 1 heterocycles. The van der Waals surface area contributed by atoms with Crippen LogP contribution in [0.4, 0.5) is 0 Å². The highest BCUT2D eigenvalue weighted by Crippen LogP contribution is 1.97. The van der Waals surface area contributed by atoms with Gasteiger partial charge in [-0.25, -0.2) is 0 Å². The summed E-state index contributed by atoms with van der Waals surface area (Å²) in [4.78, 5) is 5.79. The third-order valence-corrected chi connectivity index (χ3v) is 1.26. The van der Waals surface area contributed by atoms with Gasteiger partial charge in [-0.05, 0) is 11.4 Å². The van der Waals surface area contributed by atoms with E-state index in [-0.39, 0.29) is 24.0 Å². The number of rotatable bonds is 3. The van der Waals surface area contributed by atoms with Gasteiger partial charge in [0, 0.05) is 0 Å². The average molecular weight is 250 g/mol. The van der Waals surface area contributed by atoms with Crippen LogP contribution in [0.3, 0.4) is 0 Å². The molecule has 1 rings (SSSR count). The fraction of sp³-hybridized carbons (Fsp3) is 0.571. The van der Waals surface area contributed by atoms with E-state index in [4.69, 9.17) is 0 Å². The minimum absolute atomic E-state index is 0. The lowest BCUT2D eigenvalue weighted by atomic mass is 10.3. The zero-order valence-electron chi connectivity index (χ0n) is 6.05. The molecule has 0 radical (unpaired) electrons. The van der Waals surface area contributed by atoms with Gasteiger partial charge >= 0.3 is 0 Å². The van der Waals surface area contributed by atoms with Crippen LogP contribution in [0.5, 0.6) is 0 Å². The first-order valence-corrected chi connectivity index (χ1v) is 3.32. The zero-order valence-corrected chi connectivity index (χ0v) is 8.21. The van der Waals surface area contributed by atoms with Crippen molar-refractivity contribution in [1.29, 1.82) is 0 Å². The molecule has 1 aliphatic heterocycles. The van der Waals surface area contributed by atoms with Crippen LogP contribution in [-0.4, -0.2) is 17.8 Å². The monoisotopic (exact) mass is 250 g/mol. The topological polar surface area (TPSA) is 15.6 Å². The lowest BCUT2D eigenvalue weighted by Gasteiger charge is -1.98. The van der Waals surface area contributed by atoms with Gasteiger partial charge in [-0.2, -0.15) is 4.90 Å². The molecule has 0 bridgehead atoms. The van der Waals surface area contributed by atoms with Crippen LogP contribution in [0.2, 0.25) is 0 Å². The Labute approximate surface area is 79.0 Å². The summed E-state index contributed by atoms with van der Waals surface area (Å²) in [5.41, 5.74) is 0. The number of aliphatic imine (C=N–C) groups is 1. The van der Waals surface area contributed by atoms with Gasteiger partial charge < -0.3 is 24.0 Å². The van der Waals surface area contributed by atoms with E-state index in [1.807, 2.05) is 11.1 Å². The second kappa shape index (κ2) is 5.62. The van der Waals surface area contributed by atoms with E-state index >= 15 is 0 Å². The summed E-state index contributed by atoms with van der Waals surface area (Å²) >= 11 is 0. The molecular weight excluding hydrogens is 239 g/mol. The highest BCUT2D eigenvalue weighted by Gasteiger charge is 2.07. The fourth-order valence-electron chi connectivity index (χ4n) is 0.708. The fourth-order valence-corrected chi connectivity index (χ4v) is 0.708. The summed E-state index contributed by atoms with van der Waals surface area (Å²) < 4.78 is 0. The highest BCUT2D eigenvalue weighted by molar-refractivity contribution is 5.59. The van der Waals surface area contributed by atoms with E-state index in [1.165, 1.54) is 12.8 Å². The van der Waals surface area contributed by atoms with Crippen LogP contribution in [0.15, 0.2) is 17.4 Å². The van der Waals surface area contributed by atoms with E-state index in [0.717, 1.165) is 6.54 Å². The Hall–Kier alpha value is -0.150. The van der Waals surface area contributed by atoms with Crippen molar-refractivity contribution >= 4 is 6.34 Å². The van der Waals surface area contributed by atoms with Crippen molar-refractivity contribution in [3.8, 4) is 0 Å². The summed E-state index contributed by atoms with van der Waals surface area (Å²) in [5.74, 6) is 0. The Morgan fingerprint density at radius 2 is 2.40 bits per heavy atom. The Balaban J connectivity index is 0.000000810. The zero-order chi connectivity index (χ0) is 6.53. The molecule has 2 nitrogen and oxygen atoms in total. The van der Waals surface area contributed by atoms with E-state index in [2.05, 4.69) is 18.3 Å². The predicted molar refractivity (Wildman–Crippen MR) is 38.2 cm³/mol. The molecule has 0 atom stereocenters. The minimum atomic E-state index is 0. The van der Waals surface area contributed by atoms with Crippen LogP contribution in [-0.2, 0) is 0 Å². The molecule has 0 N–H and O–H groups in total. The third kappa shape index (κ3) is 3.13. The average Bonchev–Trinajstić information content (AvgIpc) is 2.34. The van der Waals surface area contributed by atoms with Crippen LogP contribution >= 0.6 is 0 Å². The van der Waals surface area contributed by atoms with E-state index < -0.39 is 0 Å². The Morgan fingerprint density at radius 1 is 1.60 bits per heavy atom. The smallest absolute Gasteiger partial charge is 0.255 e. The summed E-state index contributed by atoms with van der Waals surface area (Å²) in [7, 11) is 0. The molecule has 0 spiro atoms. The first-order chi connectivity index (χ1) is 4.43. The van der Waals surface area contributed by atoms with Crippen LogP contribution in [0, 0.1) is 0 Å². The molecule has 0 aromatic heterocycles. The lowest BCUT2D eigenvalue weighted by Crippen LogP contribution is -3.00. The molecule has 56 valence electrons. The standard InChI is InChI=1S/C7H11N2.HI/c1-2-3-5-9-6-4-8-7-9;/h4,6H,2-3,5H2,1H3;1H/q+1;/p-1. The molecule has 0 saturated carbocycles. The predicted octanol–water partition coefficient (Wildman–Crippen LogP) is -1.52. The summed E-state index contributed by atoms with van der Waals surface area (Å²) in [6, 6.07) is 0. The number of hydrogen-bond donors (Lipinski definition) is 0. The maximum absolute atomic E-state index is 3.81. The van der Waals surface area contributed by atoms with Gasteiger partial charge in [-0.3, -0.25) is 0 Å². The number of unbranched alkanes of at least 4 members (excludes halogenated alkanes) is 1. The van der Waals surface area contributed by atoms with Crippen LogP contribution < -0.4 is 24.0 Å². The molecule has 0 amide bonds. The normalized spacial score (nSPS) is 13.1. The quantitative estimate of drug-likeness (QED) is 0.439.